The number of benzene rings is 2. The van der Waals surface area contributed by atoms with Crippen molar-refractivity contribution in [3.63, 3.8) is 0 Å². The van der Waals surface area contributed by atoms with Gasteiger partial charge in [0.1, 0.15) is 0 Å². The van der Waals surface area contributed by atoms with Crippen molar-refractivity contribution in [3.05, 3.63) is 65.2 Å². The number of hydrogen-bond donors (Lipinski definition) is 1. The zero-order valence-electron chi connectivity index (χ0n) is 15.3. The van der Waals surface area contributed by atoms with Crippen LogP contribution >= 0.6 is 0 Å². The van der Waals surface area contributed by atoms with Crippen LogP contribution in [0.5, 0.6) is 0 Å². The van der Waals surface area contributed by atoms with Crippen LogP contribution < -0.4 is 5.32 Å². The largest absolute Gasteiger partial charge is 0.326 e. The molecular weight excluding hydrogens is 308 g/mol. The lowest BCUT2D eigenvalue weighted by molar-refractivity contribution is -0.121. The van der Waals surface area contributed by atoms with Gasteiger partial charge in [-0.1, -0.05) is 48.9 Å². The number of amides is 1. The second-order valence-electron chi connectivity index (χ2n) is 7.08. The van der Waals surface area contributed by atoms with Crippen molar-refractivity contribution in [2.45, 2.75) is 39.7 Å². The predicted molar refractivity (Wildman–Crippen MR) is 104 cm³/mol. The van der Waals surface area contributed by atoms with E-state index < -0.39 is 0 Å². The average molecular weight is 336 g/mol. The maximum Gasteiger partial charge on any atom is 0.227 e. The zero-order valence-corrected chi connectivity index (χ0v) is 15.3. The van der Waals surface area contributed by atoms with Crippen LogP contribution in [0.1, 0.15) is 36.5 Å². The molecule has 1 heterocycles. The Morgan fingerprint density at radius 2 is 1.60 bits per heavy atom. The summed E-state index contributed by atoms with van der Waals surface area (Å²) in [4.78, 5) is 14.9. The highest BCUT2D eigenvalue weighted by Gasteiger charge is 2.25. The standard InChI is InChI=1S/C22H28N2O/c1-3-18-8-10-21(11-9-18)23-22(25)20-12-14-24(15-13-20)16-19-6-4-17(2)5-7-19/h4-11,20H,3,12-16H2,1-2H3,(H,23,25). The normalized spacial score (nSPS) is 15.9. The fourth-order valence-corrected chi connectivity index (χ4v) is 3.37. The van der Waals surface area contributed by atoms with E-state index in [2.05, 4.69) is 60.5 Å². The third-order valence-electron chi connectivity index (χ3n) is 5.11. The Morgan fingerprint density at radius 1 is 1.00 bits per heavy atom. The first-order chi connectivity index (χ1) is 12.1. The van der Waals surface area contributed by atoms with Crippen LogP contribution in [0.15, 0.2) is 48.5 Å². The first-order valence-electron chi connectivity index (χ1n) is 9.31. The number of nitrogens with zero attached hydrogens (tertiary/aromatic N) is 1. The minimum Gasteiger partial charge on any atom is -0.326 e. The summed E-state index contributed by atoms with van der Waals surface area (Å²) < 4.78 is 0. The van der Waals surface area contributed by atoms with E-state index in [1.165, 1.54) is 16.7 Å². The molecule has 3 rings (SSSR count). The van der Waals surface area contributed by atoms with Gasteiger partial charge in [-0.3, -0.25) is 9.69 Å². The lowest BCUT2D eigenvalue weighted by Crippen LogP contribution is -2.37. The summed E-state index contributed by atoms with van der Waals surface area (Å²) >= 11 is 0. The number of hydrogen-bond acceptors (Lipinski definition) is 2. The maximum atomic E-state index is 12.5. The van der Waals surface area contributed by atoms with Crippen molar-refractivity contribution in [2.75, 3.05) is 18.4 Å². The first-order valence-corrected chi connectivity index (χ1v) is 9.31. The molecule has 0 aliphatic carbocycles. The zero-order chi connectivity index (χ0) is 17.6. The molecule has 0 atom stereocenters. The molecular formula is C22H28N2O. The number of anilines is 1. The molecule has 2 aromatic rings. The minimum atomic E-state index is 0.125. The maximum absolute atomic E-state index is 12.5. The van der Waals surface area contributed by atoms with Gasteiger partial charge in [0, 0.05) is 18.2 Å². The summed E-state index contributed by atoms with van der Waals surface area (Å²) in [6.07, 6.45) is 2.89. The SMILES string of the molecule is CCc1ccc(NC(=O)C2CCN(Cc3ccc(C)cc3)CC2)cc1. The van der Waals surface area contributed by atoms with Gasteiger partial charge in [-0.05, 0) is 62.5 Å². The Hall–Kier alpha value is -2.13. The molecule has 0 spiro atoms. The third-order valence-corrected chi connectivity index (χ3v) is 5.11. The van der Waals surface area contributed by atoms with Gasteiger partial charge in [0.15, 0.2) is 0 Å². The van der Waals surface area contributed by atoms with Crippen molar-refractivity contribution in [2.24, 2.45) is 5.92 Å². The Kier molecular flexibility index (Phi) is 5.87. The number of aryl methyl sites for hydroxylation is 2. The average Bonchev–Trinajstić information content (AvgIpc) is 2.65. The van der Waals surface area contributed by atoms with Crippen molar-refractivity contribution in [1.29, 1.82) is 0 Å². The van der Waals surface area contributed by atoms with E-state index in [0.29, 0.717) is 0 Å². The molecule has 2 aromatic carbocycles. The fourth-order valence-electron chi connectivity index (χ4n) is 3.37. The molecule has 0 unspecified atom stereocenters. The van der Waals surface area contributed by atoms with Crippen LogP contribution in [0, 0.1) is 12.8 Å². The van der Waals surface area contributed by atoms with Crippen LogP contribution in [0.4, 0.5) is 5.69 Å². The molecule has 1 fully saturated rings. The topological polar surface area (TPSA) is 32.3 Å². The molecule has 1 saturated heterocycles. The Labute approximate surface area is 151 Å². The first kappa shape index (κ1) is 17.7. The molecule has 132 valence electrons. The molecule has 3 heteroatoms. The number of carbonyl (C=O) groups excluding carboxylic acids is 1. The van der Waals surface area contributed by atoms with Gasteiger partial charge in [-0.15, -0.1) is 0 Å². The van der Waals surface area contributed by atoms with Gasteiger partial charge < -0.3 is 5.32 Å². The van der Waals surface area contributed by atoms with Gasteiger partial charge in [0.2, 0.25) is 5.91 Å². The monoisotopic (exact) mass is 336 g/mol. The molecule has 0 radical (unpaired) electrons. The fraction of sp³-hybridized carbons (Fsp3) is 0.409. The van der Waals surface area contributed by atoms with E-state index in [-0.39, 0.29) is 11.8 Å². The number of piperidine rings is 1. The highest BCUT2D eigenvalue weighted by molar-refractivity contribution is 5.92. The molecule has 3 nitrogen and oxygen atoms in total. The van der Waals surface area contributed by atoms with Crippen molar-refractivity contribution >= 4 is 11.6 Å². The van der Waals surface area contributed by atoms with Gasteiger partial charge in [0.25, 0.3) is 0 Å². The van der Waals surface area contributed by atoms with Crippen LogP contribution in [-0.2, 0) is 17.8 Å². The summed E-state index contributed by atoms with van der Waals surface area (Å²) in [6, 6.07) is 16.9. The van der Waals surface area contributed by atoms with E-state index in [0.717, 1.165) is 44.6 Å². The molecule has 0 bridgehead atoms. The summed E-state index contributed by atoms with van der Waals surface area (Å²) in [5, 5.41) is 3.08. The van der Waals surface area contributed by atoms with E-state index >= 15 is 0 Å². The second kappa shape index (κ2) is 8.30. The predicted octanol–water partition coefficient (Wildman–Crippen LogP) is 4.41. The van der Waals surface area contributed by atoms with Gasteiger partial charge >= 0.3 is 0 Å². The molecule has 0 aromatic heterocycles. The summed E-state index contributed by atoms with van der Waals surface area (Å²) in [5.41, 5.74) is 4.85. The Balaban J connectivity index is 1.47. The van der Waals surface area contributed by atoms with Gasteiger partial charge in [-0.25, -0.2) is 0 Å². The molecule has 1 aliphatic rings. The van der Waals surface area contributed by atoms with E-state index in [1.54, 1.807) is 0 Å². The summed E-state index contributed by atoms with van der Waals surface area (Å²) in [5.74, 6) is 0.291. The van der Waals surface area contributed by atoms with Crippen LogP contribution in [0.2, 0.25) is 0 Å². The lowest BCUT2D eigenvalue weighted by atomic mass is 9.95. The lowest BCUT2D eigenvalue weighted by Gasteiger charge is -2.31. The van der Waals surface area contributed by atoms with Crippen LogP contribution in [-0.4, -0.2) is 23.9 Å². The van der Waals surface area contributed by atoms with Gasteiger partial charge in [0.05, 0.1) is 0 Å². The highest BCUT2D eigenvalue weighted by atomic mass is 16.1. The van der Waals surface area contributed by atoms with Crippen molar-refractivity contribution < 1.29 is 4.79 Å². The van der Waals surface area contributed by atoms with Crippen LogP contribution in [0.25, 0.3) is 0 Å². The number of carbonyl (C=O) groups is 1. The Morgan fingerprint density at radius 3 is 2.20 bits per heavy atom. The Bertz CT molecular complexity index is 683. The number of likely N-dealkylation sites (tertiary alicyclic amines) is 1. The molecule has 0 saturated carbocycles. The van der Waals surface area contributed by atoms with Crippen molar-refractivity contribution in [3.8, 4) is 0 Å². The molecule has 25 heavy (non-hydrogen) atoms. The van der Waals surface area contributed by atoms with Crippen molar-refractivity contribution in [1.82, 2.24) is 4.90 Å². The smallest absolute Gasteiger partial charge is 0.227 e. The number of nitrogens with one attached hydrogen (secondary N) is 1. The summed E-state index contributed by atoms with van der Waals surface area (Å²) in [7, 11) is 0. The second-order valence-corrected chi connectivity index (χ2v) is 7.08. The minimum absolute atomic E-state index is 0.125. The number of rotatable bonds is 5. The molecule has 1 N–H and O–H groups in total. The van der Waals surface area contributed by atoms with E-state index in [9.17, 15) is 4.79 Å². The third kappa shape index (κ3) is 4.93. The summed E-state index contributed by atoms with van der Waals surface area (Å²) in [6.45, 7) is 7.20. The van der Waals surface area contributed by atoms with E-state index in [4.69, 9.17) is 0 Å². The van der Waals surface area contributed by atoms with Crippen LogP contribution in [0.3, 0.4) is 0 Å². The van der Waals surface area contributed by atoms with E-state index in [1.807, 2.05) is 12.1 Å². The highest BCUT2D eigenvalue weighted by Crippen LogP contribution is 2.21. The molecule has 1 aliphatic heterocycles. The quantitative estimate of drug-likeness (QED) is 0.877. The van der Waals surface area contributed by atoms with Gasteiger partial charge in [-0.2, -0.15) is 0 Å². The molecule has 1 amide bonds.